The molecular formula is C19H23N3O3. The van der Waals surface area contributed by atoms with Gasteiger partial charge in [0, 0.05) is 25.3 Å². The molecule has 6 heteroatoms. The van der Waals surface area contributed by atoms with Crippen LogP contribution in [0.2, 0.25) is 0 Å². The summed E-state index contributed by atoms with van der Waals surface area (Å²) in [6, 6.07) is 17.9. The van der Waals surface area contributed by atoms with Crippen LogP contribution in [0.5, 0.6) is 0 Å². The van der Waals surface area contributed by atoms with Crippen LogP contribution in [0.4, 0.5) is 10.5 Å². The lowest BCUT2D eigenvalue weighted by Crippen LogP contribution is -2.37. The number of ether oxygens (including phenoxy) is 2. The van der Waals surface area contributed by atoms with Gasteiger partial charge in [0.25, 0.3) is 0 Å². The number of amides is 1. The van der Waals surface area contributed by atoms with Gasteiger partial charge in [-0.1, -0.05) is 42.5 Å². The first kappa shape index (κ1) is 17.3. The van der Waals surface area contributed by atoms with E-state index >= 15 is 0 Å². The standard InChI is InChI=1S/C19H23N3O3/c23-19(25-15-17-4-2-1-3-5-17)21-20-14-16-6-8-18(9-7-16)22-10-12-24-13-11-22/h1-9,20H,10-15H2,(H,21,23). The van der Waals surface area contributed by atoms with Crippen molar-refractivity contribution in [2.75, 3.05) is 31.2 Å². The molecule has 2 aromatic carbocycles. The summed E-state index contributed by atoms with van der Waals surface area (Å²) in [6.45, 7) is 4.18. The fourth-order valence-corrected chi connectivity index (χ4v) is 2.62. The fraction of sp³-hybridized carbons (Fsp3) is 0.316. The van der Waals surface area contributed by atoms with Gasteiger partial charge in [-0.3, -0.25) is 5.43 Å². The van der Waals surface area contributed by atoms with Gasteiger partial charge in [-0.2, -0.15) is 0 Å². The van der Waals surface area contributed by atoms with Gasteiger partial charge in [-0.25, -0.2) is 10.2 Å². The lowest BCUT2D eigenvalue weighted by atomic mass is 10.2. The summed E-state index contributed by atoms with van der Waals surface area (Å²) in [7, 11) is 0. The van der Waals surface area contributed by atoms with Crippen LogP contribution < -0.4 is 15.8 Å². The highest BCUT2D eigenvalue weighted by molar-refractivity contribution is 5.66. The Morgan fingerprint density at radius 2 is 1.72 bits per heavy atom. The number of morpholine rings is 1. The number of nitrogens with one attached hydrogen (secondary N) is 2. The molecule has 0 atom stereocenters. The fourth-order valence-electron chi connectivity index (χ4n) is 2.62. The molecule has 0 saturated carbocycles. The molecule has 2 N–H and O–H groups in total. The molecule has 6 nitrogen and oxygen atoms in total. The van der Waals surface area contributed by atoms with Crippen molar-refractivity contribution >= 4 is 11.8 Å². The third kappa shape index (κ3) is 5.48. The van der Waals surface area contributed by atoms with E-state index in [1.54, 1.807) is 0 Å². The monoisotopic (exact) mass is 341 g/mol. The molecule has 1 aliphatic rings. The highest BCUT2D eigenvalue weighted by Gasteiger charge is 2.10. The molecule has 132 valence electrons. The molecule has 1 amide bonds. The predicted molar refractivity (Wildman–Crippen MR) is 96.1 cm³/mol. The molecule has 25 heavy (non-hydrogen) atoms. The van der Waals surface area contributed by atoms with E-state index in [2.05, 4.69) is 40.0 Å². The Labute approximate surface area is 147 Å². The quantitative estimate of drug-likeness (QED) is 0.790. The molecule has 0 aromatic heterocycles. The molecule has 1 heterocycles. The predicted octanol–water partition coefficient (Wildman–Crippen LogP) is 2.45. The van der Waals surface area contributed by atoms with E-state index in [4.69, 9.17) is 9.47 Å². The van der Waals surface area contributed by atoms with Gasteiger partial charge in [0.15, 0.2) is 0 Å². The SMILES string of the molecule is O=C(NNCc1ccc(N2CCOCC2)cc1)OCc1ccccc1. The number of nitrogens with zero attached hydrogens (tertiary/aromatic N) is 1. The van der Waals surface area contributed by atoms with Crippen molar-refractivity contribution in [3.63, 3.8) is 0 Å². The van der Waals surface area contributed by atoms with E-state index in [1.165, 1.54) is 5.69 Å². The smallest absolute Gasteiger partial charge is 0.421 e. The van der Waals surface area contributed by atoms with Crippen molar-refractivity contribution < 1.29 is 14.3 Å². The van der Waals surface area contributed by atoms with Gasteiger partial charge in [0.2, 0.25) is 0 Å². The molecular weight excluding hydrogens is 318 g/mol. The Hall–Kier alpha value is -2.57. The highest BCUT2D eigenvalue weighted by atomic mass is 16.6. The van der Waals surface area contributed by atoms with Crippen molar-refractivity contribution in [3.8, 4) is 0 Å². The van der Waals surface area contributed by atoms with Gasteiger partial charge >= 0.3 is 6.09 Å². The summed E-state index contributed by atoms with van der Waals surface area (Å²) in [5, 5.41) is 0. The second-order valence-corrected chi connectivity index (χ2v) is 5.81. The van der Waals surface area contributed by atoms with Gasteiger partial charge in [0.05, 0.1) is 13.2 Å². The second-order valence-electron chi connectivity index (χ2n) is 5.81. The molecule has 2 aromatic rings. The minimum Gasteiger partial charge on any atom is -0.444 e. The number of benzene rings is 2. The van der Waals surface area contributed by atoms with Crippen LogP contribution in [0.25, 0.3) is 0 Å². The van der Waals surface area contributed by atoms with E-state index in [9.17, 15) is 4.79 Å². The average Bonchev–Trinajstić information content (AvgIpc) is 2.68. The maximum absolute atomic E-state index is 11.7. The molecule has 0 bridgehead atoms. The summed E-state index contributed by atoms with van der Waals surface area (Å²) in [5.41, 5.74) is 8.66. The summed E-state index contributed by atoms with van der Waals surface area (Å²) in [4.78, 5) is 14.0. The van der Waals surface area contributed by atoms with E-state index in [-0.39, 0.29) is 6.61 Å². The third-order valence-corrected chi connectivity index (χ3v) is 4.01. The summed E-state index contributed by atoms with van der Waals surface area (Å²) >= 11 is 0. The van der Waals surface area contributed by atoms with Crippen molar-refractivity contribution in [2.45, 2.75) is 13.2 Å². The van der Waals surface area contributed by atoms with Crippen LogP contribution in [-0.4, -0.2) is 32.4 Å². The van der Waals surface area contributed by atoms with Crippen LogP contribution in [0.3, 0.4) is 0 Å². The van der Waals surface area contributed by atoms with Crippen molar-refractivity contribution in [2.24, 2.45) is 0 Å². The summed E-state index contributed by atoms with van der Waals surface area (Å²) in [6.07, 6.45) is -0.492. The van der Waals surface area contributed by atoms with Crippen LogP contribution in [-0.2, 0) is 22.6 Å². The van der Waals surface area contributed by atoms with Gasteiger partial charge < -0.3 is 14.4 Å². The Kier molecular flexibility index (Phi) is 6.25. The number of anilines is 1. The van der Waals surface area contributed by atoms with Crippen molar-refractivity contribution in [1.82, 2.24) is 10.9 Å². The van der Waals surface area contributed by atoms with E-state index in [0.717, 1.165) is 37.4 Å². The largest absolute Gasteiger partial charge is 0.444 e. The number of hydrogen-bond acceptors (Lipinski definition) is 5. The first-order chi connectivity index (χ1) is 12.3. The van der Waals surface area contributed by atoms with Crippen LogP contribution in [0.15, 0.2) is 54.6 Å². The van der Waals surface area contributed by atoms with E-state index in [0.29, 0.717) is 6.54 Å². The lowest BCUT2D eigenvalue weighted by Gasteiger charge is -2.28. The Bertz CT molecular complexity index is 655. The Morgan fingerprint density at radius 1 is 1.00 bits per heavy atom. The molecule has 3 rings (SSSR count). The van der Waals surface area contributed by atoms with Crippen molar-refractivity contribution in [1.29, 1.82) is 0 Å². The molecule has 0 unspecified atom stereocenters. The molecule has 1 saturated heterocycles. The average molecular weight is 341 g/mol. The normalized spacial score (nSPS) is 14.2. The highest BCUT2D eigenvalue weighted by Crippen LogP contribution is 2.16. The number of hydrogen-bond donors (Lipinski definition) is 2. The first-order valence-electron chi connectivity index (χ1n) is 8.42. The number of carbonyl (C=O) groups is 1. The molecule has 1 aliphatic heterocycles. The maximum atomic E-state index is 11.7. The molecule has 0 aliphatic carbocycles. The molecule has 1 fully saturated rings. The third-order valence-electron chi connectivity index (χ3n) is 4.01. The van der Waals surface area contributed by atoms with Crippen LogP contribution in [0, 0.1) is 0 Å². The lowest BCUT2D eigenvalue weighted by molar-refractivity contribution is 0.122. The number of rotatable bonds is 6. The van der Waals surface area contributed by atoms with Crippen molar-refractivity contribution in [3.05, 3.63) is 65.7 Å². The molecule has 0 spiro atoms. The van der Waals surface area contributed by atoms with Crippen LogP contribution >= 0.6 is 0 Å². The minimum atomic E-state index is -0.492. The van der Waals surface area contributed by atoms with Gasteiger partial charge in [-0.15, -0.1) is 0 Å². The number of carbonyl (C=O) groups excluding carboxylic acids is 1. The zero-order valence-corrected chi connectivity index (χ0v) is 14.1. The summed E-state index contributed by atoms with van der Waals surface area (Å²) < 4.78 is 10.5. The van der Waals surface area contributed by atoms with Crippen LogP contribution in [0.1, 0.15) is 11.1 Å². The number of hydrazine groups is 1. The Morgan fingerprint density at radius 3 is 2.44 bits per heavy atom. The zero-order valence-electron chi connectivity index (χ0n) is 14.1. The first-order valence-corrected chi connectivity index (χ1v) is 8.42. The van der Waals surface area contributed by atoms with Gasteiger partial charge in [0.1, 0.15) is 6.61 Å². The topological polar surface area (TPSA) is 62.8 Å². The van der Waals surface area contributed by atoms with E-state index in [1.807, 2.05) is 30.3 Å². The maximum Gasteiger partial charge on any atom is 0.421 e. The second kappa shape index (κ2) is 9.05. The zero-order chi connectivity index (χ0) is 17.3. The summed E-state index contributed by atoms with van der Waals surface area (Å²) in [5.74, 6) is 0. The molecule has 0 radical (unpaired) electrons. The minimum absolute atomic E-state index is 0.253. The Balaban J connectivity index is 1.37. The van der Waals surface area contributed by atoms with E-state index < -0.39 is 6.09 Å². The van der Waals surface area contributed by atoms with Gasteiger partial charge in [-0.05, 0) is 23.3 Å².